The summed E-state index contributed by atoms with van der Waals surface area (Å²) in [6.45, 7) is 0. The molecule has 0 saturated heterocycles. The van der Waals surface area contributed by atoms with E-state index in [1.54, 1.807) is 25.6 Å². The Bertz CT molecular complexity index is 668. The summed E-state index contributed by atoms with van der Waals surface area (Å²) in [4.78, 5) is 20.4. The van der Waals surface area contributed by atoms with E-state index in [9.17, 15) is 4.79 Å². The van der Waals surface area contributed by atoms with Gasteiger partial charge in [-0.05, 0) is 49.4 Å². The van der Waals surface area contributed by atoms with Crippen LogP contribution in [0.4, 0.5) is 0 Å². The standard InChI is InChI=1S/C19H23N3O3/c1-24-16-7-3-14(4-8-16)13-18(23)22-15-5-9-17(10-6-15)25-19-20-11-2-12-21-19/h2-4,7-8,11-12,15,17H,5-6,9-10,13H2,1H3,(H,22,23). The first-order valence-corrected chi connectivity index (χ1v) is 8.59. The Hall–Kier alpha value is -2.63. The molecule has 1 heterocycles. The number of nitrogens with one attached hydrogen (secondary N) is 1. The minimum absolute atomic E-state index is 0.0564. The van der Waals surface area contributed by atoms with Crippen LogP contribution in [0.3, 0.4) is 0 Å². The number of carbonyl (C=O) groups is 1. The van der Waals surface area contributed by atoms with E-state index in [2.05, 4.69) is 15.3 Å². The predicted molar refractivity (Wildman–Crippen MR) is 93.5 cm³/mol. The van der Waals surface area contributed by atoms with Crippen molar-refractivity contribution < 1.29 is 14.3 Å². The average Bonchev–Trinajstić information content (AvgIpc) is 2.65. The second-order valence-electron chi connectivity index (χ2n) is 6.22. The highest BCUT2D eigenvalue weighted by Crippen LogP contribution is 2.22. The number of nitrogens with zero attached hydrogens (tertiary/aromatic N) is 2. The summed E-state index contributed by atoms with van der Waals surface area (Å²) in [7, 11) is 1.63. The average molecular weight is 341 g/mol. The van der Waals surface area contributed by atoms with Crippen molar-refractivity contribution in [1.82, 2.24) is 15.3 Å². The summed E-state index contributed by atoms with van der Waals surface area (Å²) in [6.07, 6.45) is 7.46. The molecular formula is C19H23N3O3. The number of hydrogen-bond acceptors (Lipinski definition) is 5. The molecule has 1 fully saturated rings. The molecule has 6 heteroatoms. The summed E-state index contributed by atoms with van der Waals surface area (Å²) >= 11 is 0. The third kappa shape index (κ3) is 5.17. The molecule has 1 N–H and O–H groups in total. The molecule has 1 aromatic carbocycles. The number of carbonyl (C=O) groups excluding carboxylic acids is 1. The maximum absolute atomic E-state index is 12.2. The summed E-state index contributed by atoms with van der Waals surface area (Å²) in [6, 6.07) is 9.98. The maximum Gasteiger partial charge on any atom is 0.316 e. The van der Waals surface area contributed by atoms with Gasteiger partial charge in [-0.2, -0.15) is 0 Å². The van der Waals surface area contributed by atoms with Crippen LogP contribution in [0.15, 0.2) is 42.7 Å². The number of hydrogen-bond donors (Lipinski definition) is 1. The van der Waals surface area contributed by atoms with E-state index in [4.69, 9.17) is 9.47 Å². The molecule has 0 bridgehead atoms. The van der Waals surface area contributed by atoms with Gasteiger partial charge in [0.2, 0.25) is 5.91 Å². The van der Waals surface area contributed by atoms with Crippen molar-refractivity contribution in [3.05, 3.63) is 48.3 Å². The monoisotopic (exact) mass is 341 g/mol. The lowest BCUT2D eigenvalue weighted by atomic mass is 9.93. The Morgan fingerprint density at radius 1 is 1.12 bits per heavy atom. The molecule has 1 aliphatic rings. The van der Waals surface area contributed by atoms with Gasteiger partial charge < -0.3 is 14.8 Å². The molecule has 6 nitrogen and oxygen atoms in total. The van der Waals surface area contributed by atoms with E-state index in [-0.39, 0.29) is 18.1 Å². The molecule has 0 spiro atoms. The fraction of sp³-hybridized carbons (Fsp3) is 0.421. The van der Waals surface area contributed by atoms with Gasteiger partial charge in [0.25, 0.3) is 0 Å². The summed E-state index contributed by atoms with van der Waals surface area (Å²) in [5.74, 6) is 0.853. The van der Waals surface area contributed by atoms with Gasteiger partial charge in [-0.15, -0.1) is 0 Å². The number of benzene rings is 1. The van der Waals surface area contributed by atoms with E-state index in [0.29, 0.717) is 12.4 Å². The molecule has 0 atom stereocenters. The molecule has 0 radical (unpaired) electrons. The van der Waals surface area contributed by atoms with Crippen molar-refractivity contribution in [2.75, 3.05) is 7.11 Å². The zero-order valence-electron chi connectivity index (χ0n) is 14.4. The number of methoxy groups -OCH3 is 1. The van der Waals surface area contributed by atoms with Crippen LogP contribution in [0.2, 0.25) is 0 Å². The summed E-state index contributed by atoms with van der Waals surface area (Å²) < 4.78 is 10.9. The quantitative estimate of drug-likeness (QED) is 0.874. The number of rotatable bonds is 6. The minimum Gasteiger partial charge on any atom is -0.497 e. The first kappa shape index (κ1) is 17.2. The van der Waals surface area contributed by atoms with E-state index in [1.807, 2.05) is 24.3 Å². The minimum atomic E-state index is 0.0564. The lowest BCUT2D eigenvalue weighted by Crippen LogP contribution is -2.40. The van der Waals surface area contributed by atoms with Gasteiger partial charge in [0.1, 0.15) is 11.9 Å². The molecule has 2 aromatic rings. The number of amides is 1. The molecule has 1 saturated carbocycles. The fourth-order valence-electron chi connectivity index (χ4n) is 3.03. The van der Waals surface area contributed by atoms with Crippen molar-refractivity contribution in [1.29, 1.82) is 0 Å². The van der Waals surface area contributed by atoms with Crippen molar-refractivity contribution >= 4 is 5.91 Å². The topological polar surface area (TPSA) is 73.3 Å². The van der Waals surface area contributed by atoms with Crippen LogP contribution in [-0.4, -0.2) is 35.1 Å². The van der Waals surface area contributed by atoms with Crippen LogP contribution in [0, 0.1) is 0 Å². The Kier molecular flexibility index (Phi) is 5.82. The van der Waals surface area contributed by atoms with Gasteiger partial charge in [-0.1, -0.05) is 12.1 Å². The van der Waals surface area contributed by atoms with Gasteiger partial charge >= 0.3 is 6.01 Å². The zero-order chi connectivity index (χ0) is 17.5. The van der Waals surface area contributed by atoms with E-state index in [1.165, 1.54) is 0 Å². The lowest BCUT2D eigenvalue weighted by Gasteiger charge is -2.28. The number of ether oxygens (including phenoxy) is 2. The first-order valence-electron chi connectivity index (χ1n) is 8.59. The smallest absolute Gasteiger partial charge is 0.316 e. The van der Waals surface area contributed by atoms with E-state index in [0.717, 1.165) is 37.0 Å². The molecule has 3 rings (SSSR count). The van der Waals surface area contributed by atoms with Crippen molar-refractivity contribution in [3.8, 4) is 11.8 Å². The van der Waals surface area contributed by atoms with E-state index < -0.39 is 0 Å². The van der Waals surface area contributed by atoms with Crippen molar-refractivity contribution in [2.45, 2.75) is 44.2 Å². The first-order chi connectivity index (χ1) is 12.2. The van der Waals surface area contributed by atoms with Crippen molar-refractivity contribution in [2.24, 2.45) is 0 Å². The van der Waals surface area contributed by atoms with Crippen LogP contribution in [0.1, 0.15) is 31.2 Å². The van der Waals surface area contributed by atoms with Gasteiger partial charge in [0.15, 0.2) is 0 Å². The number of aromatic nitrogens is 2. The molecular weight excluding hydrogens is 318 g/mol. The summed E-state index contributed by atoms with van der Waals surface area (Å²) in [5.41, 5.74) is 0.983. The van der Waals surface area contributed by atoms with E-state index >= 15 is 0 Å². The third-order valence-corrected chi connectivity index (χ3v) is 4.38. The second-order valence-corrected chi connectivity index (χ2v) is 6.22. The van der Waals surface area contributed by atoms with Crippen LogP contribution in [0.5, 0.6) is 11.8 Å². The van der Waals surface area contributed by atoms with Crippen molar-refractivity contribution in [3.63, 3.8) is 0 Å². The second kappa shape index (κ2) is 8.46. The van der Waals surface area contributed by atoms with Gasteiger partial charge in [-0.3, -0.25) is 4.79 Å². The highest BCUT2D eigenvalue weighted by atomic mass is 16.5. The Labute approximate surface area is 147 Å². The third-order valence-electron chi connectivity index (χ3n) is 4.38. The molecule has 0 unspecified atom stereocenters. The molecule has 1 aromatic heterocycles. The fourth-order valence-corrected chi connectivity index (χ4v) is 3.03. The molecule has 132 valence electrons. The maximum atomic E-state index is 12.2. The SMILES string of the molecule is COc1ccc(CC(=O)NC2CCC(Oc3ncccn3)CC2)cc1. The largest absolute Gasteiger partial charge is 0.497 e. The summed E-state index contributed by atoms with van der Waals surface area (Å²) in [5, 5.41) is 3.12. The van der Waals surface area contributed by atoms with Crippen LogP contribution in [-0.2, 0) is 11.2 Å². The van der Waals surface area contributed by atoms with Crippen LogP contribution in [0.25, 0.3) is 0 Å². The highest BCUT2D eigenvalue weighted by Gasteiger charge is 2.24. The Morgan fingerprint density at radius 2 is 1.80 bits per heavy atom. The van der Waals surface area contributed by atoms with Gasteiger partial charge in [0.05, 0.1) is 13.5 Å². The van der Waals surface area contributed by atoms with Gasteiger partial charge in [0, 0.05) is 18.4 Å². The predicted octanol–water partition coefficient (Wildman–Crippen LogP) is 2.53. The van der Waals surface area contributed by atoms with Crippen LogP contribution < -0.4 is 14.8 Å². The molecule has 25 heavy (non-hydrogen) atoms. The lowest BCUT2D eigenvalue weighted by molar-refractivity contribution is -0.121. The Morgan fingerprint density at radius 3 is 2.44 bits per heavy atom. The molecule has 1 aliphatic carbocycles. The molecule has 0 aliphatic heterocycles. The Balaban J connectivity index is 1.41. The normalized spacial score (nSPS) is 19.9. The highest BCUT2D eigenvalue weighted by molar-refractivity contribution is 5.78. The molecule has 1 amide bonds. The van der Waals surface area contributed by atoms with Crippen LogP contribution >= 0.6 is 0 Å². The van der Waals surface area contributed by atoms with Gasteiger partial charge in [-0.25, -0.2) is 9.97 Å². The zero-order valence-corrected chi connectivity index (χ0v) is 14.4.